The van der Waals surface area contributed by atoms with E-state index < -0.39 is 18.9 Å². The summed E-state index contributed by atoms with van der Waals surface area (Å²) in [4.78, 5) is 14.4. The molecule has 0 fully saturated rings. The van der Waals surface area contributed by atoms with E-state index in [9.17, 15) is 13.6 Å². The van der Waals surface area contributed by atoms with Crippen LogP contribution in [0.2, 0.25) is 0 Å². The van der Waals surface area contributed by atoms with Crippen LogP contribution in [0.25, 0.3) is 10.9 Å². The lowest BCUT2D eigenvalue weighted by molar-refractivity contribution is 0.0892. The molecule has 2 rings (SSSR count). The van der Waals surface area contributed by atoms with Crippen molar-refractivity contribution >= 4 is 16.8 Å². The second-order valence-corrected chi connectivity index (χ2v) is 3.38. The quantitative estimate of drug-likeness (QED) is 0.824. The summed E-state index contributed by atoms with van der Waals surface area (Å²) in [5, 5.41) is 3.13. The van der Waals surface area contributed by atoms with E-state index in [2.05, 4.69) is 10.3 Å². The molecule has 0 aliphatic carbocycles. The van der Waals surface area contributed by atoms with E-state index in [-0.39, 0.29) is 0 Å². The molecule has 1 aromatic carbocycles. The number of alkyl halides is 2. The van der Waals surface area contributed by atoms with Gasteiger partial charge in [0.15, 0.2) is 0 Å². The number of aromatic nitrogens is 1. The van der Waals surface area contributed by atoms with Gasteiger partial charge in [0.05, 0.1) is 6.54 Å². The van der Waals surface area contributed by atoms with E-state index >= 15 is 0 Å². The topological polar surface area (TPSA) is 44.9 Å². The van der Waals surface area contributed by atoms with Crippen molar-refractivity contribution in [2.24, 2.45) is 0 Å². The number of carbonyl (C=O) groups excluding carboxylic acids is 1. The Morgan fingerprint density at radius 3 is 2.94 bits per heavy atom. The van der Waals surface area contributed by atoms with Gasteiger partial charge in [-0.3, -0.25) is 4.79 Å². The van der Waals surface area contributed by atoms with Crippen molar-refractivity contribution in [3.05, 3.63) is 36.0 Å². The Kier molecular flexibility index (Phi) is 2.85. The van der Waals surface area contributed by atoms with Gasteiger partial charge in [-0.2, -0.15) is 0 Å². The SMILES string of the molecule is O=C(NCC(F)F)c1ccc2cc[nH]c2c1. The maximum Gasteiger partial charge on any atom is 0.255 e. The summed E-state index contributed by atoms with van der Waals surface area (Å²) in [5.41, 5.74) is 1.18. The van der Waals surface area contributed by atoms with Crippen LogP contribution in [0.5, 0.6) is 0 Å². The molecule has 0 aliphatic rings. The van der Waals surface area contributed by atoms with E-state index in [1.807, 2.05) is 6.07 Å². The van der Waals surface area contributed by atoms with Gasteiger partial charge in [0.1, 0.15) is 0 Å². The van der Waals surface area contributed by atoms with Crippen molar-refractivity contribution in [1.29, 1.82) is 0 Å². The zero-order valence-electron chi connectivity index (χ0n) is 8.34. The number of rotatable bonds is 3. The number of hydrogen-bond acceptors (Lipinski definition) is 1. The third kappa shape index (κ3) is 2.18. The summed E-state index contributed by atoms with van der Waals surface area (Å²) >= 11 is 0. The predicted molar refractivity (Wildman–Crippen MR) is 56.6 cm³/mol. The maximum atomic E-state index is 11.9. The molecule has 0 aliphatic heterocycles. The Labute approximate surface area is 90.5 Å². The van der Waals surface area contributed by atoms with Crippen molar-refractivity contribution in [3.63, 3.8) is 0 Å². The molecular weight excluding hydrogens is 214 g/mol. The number of nitrogens with one attached hydrogen (secondary N) is 2. The normalized spacial score (nSPS) is 10.9. The molecule has 5 heteroatoms. The Bertz CT molecular complexity index is 507. The van der Waals surface area contributed by atoms with Crippen LogP contribution in [-0.2, 0) is 0 Å². The molecule has 1 amide bonds. The highest BCUT2D eigenvalue weighted by atomic mass is 19.3. The molecular formula is C11H10F2N2O. The van der Waals surface area contributed by atoms with Gasteiger partial charge in [0, 0.05) is 17.3 Å². The van der Waals surface area contributed by atoms with Crippen molar-refractivity contribution in [1.82, 2.24) is 10.3 Å². The number of aromatic amines is 1. The average molecular weight is 224 g/mol. The minimum Gasteiger partial charge on any atom is -0.361 e. The highest BCUT2D eigenvalue weighted by Gasteiger charge is 2.09. The smallest absolute Gasteiger partial charge is 0.255 e. The summed E-state index contributed by atoms with van der Waals surface area (Å²) in [6.45, 7) is -0.623. The Hall–Kier alpha value is -1.91. The van der Waals surface area contributed by atoms with Gasteiger partial charge in [-0.05, 0) is 23.6 Å². The summed E-state index contributed by atoms with van der Waals surface area (Å²) in [7, 11) is 0. The molecule has 0 saturated carbocycles. The first-order chi connectivity index (χ1) is 7.66. The van der Waals surface area contributed by atoms with Crippen LogP contribution in [0.15, 0.2) is 30.5 Å². The monoisotopic (exact) mass is 224 g/mol. The first-order valence-corrected chi connectivity index (χ1v) is 4.80. The third-order valence-electron chi connectivity index (χ3n) is 2.23. The molecule has 84 valence electrons. The van der Waals surface area contributed by atoms with Crippen LogP contribution in [-0.4, -0.2) is 23.9 Å². The lowest BCUT2D eigenvalue weighted by atomic mass is 10.1. The molecule has 0 bridgehead atoms. The van der Waals surface area contributed by atoms with Gasteiger partial charge < -0.3 is 10.3 Å². The van der Waals surface area contributed by atoms with Crippen LogP contribution in [0.4, 0.5) is 8.78 Å². The number of hydrogen-bond donors (Lipinski definition) is 2. The van der Waals surface area contributed by atoms with Crippen LogP contribution in [0, 0.1) is 0 Å². The minimum atomic E-state index is -2.53. The predicted octanol–water partition coefficient (Wildman–Crippen LogP) is 2.16. The van der Waals surface area contributed by atoms with E-state index in [0.717, 1.165) is 10.9 Å². The minimum absolute atomic E-state index is 0.371. The van der Waals surface area contributed by atoms with Gasteiger partial charge in [-0.25, -0.2) is 8.78 Å². The van der Waals surface area contributed by atoms with Gasteiger partial charge in [-0.1, -0.05) is 6.07 Å². The van der Waals surface area contributed by atoms with E-state index in [1.54, 1.807) is 24.4 Å². The standard InChI is InChI=1S/C11H10F2N2O/c12-10(13)6-15-11(16)8-2-1-7-3-4-14-9(7)5-8/h1-5,10,14H,6H2,(H,15,16). The van der Waals surface area contributed by atoms with Crippen LogP contribution in [0.3, 0.4) is 0 Å². The second-order valence-electron chi connectivity index (χ2n) is 3.38. The number of amides is 1. The van der Waals surface area contributed by atoms with Crippen molar-refractivity contribution in [3.8, 4) is 0 Å². The Morgan fingerprint density at radius 1 is 1.38 bits per heavy atom. The Morgan fingerprint density at radius 2 is 2.19 bits per heavy atom. The number of halogens is 2. The molecule has 0 saturated heterocycles. The van der Waals surface area contributed by atoms with Gasteiger partial charge in [-0.15, -0.1) is 0 Å². The van der Waals surface area contributed by atoms with E-state index in [0.29, 0.717) is 5.56 Å². The van der Waals surface area contributed by atoms with Crippen LogP contribution < -0.4 is 5.32 Å². The second kappa shape index (κ2) is 4.30. The van der Waals surface area contributed by atoms with Gasteiger partial charge >= 0.3 is 0 Å². The fourth-order valence-corrected chi connectivity index (χ4v) is 1.46. The molecule has 0 atom stereocenters. The first-order valence-electron chi connectivity index (χ1n) is 4.80. The van der Waals surface area contributed by atoms with Crippen LogP contribution >= 0.6 is 0 Å². The fraction of sp³-hybridized carbons (Fsp3) is 0.182. The van der Waals surface area contributed by atoms with Gasteiger partial charge in [0.2, 0.25) is 0 Å². The molecule has 0 unspecified atom stereocenters. The van der Waals surface area contributed by atoms with E-state index in [4.69, 9.17) is 0 Å². The summed E-state index contributed by atoms with van der Waals surface area (Å²) in [5.74, 6) is -0.489. The number of carbonyl (C=O) groups is 1. The lowest BCUT2D eigenvalue weighted by Crippen LogP contribution is -2.28. The largest absolute Gasteiger partial charge is 0.361 e. The molecule has 16 heavy (non-hydrogen) atoms. The third-order valence-corrected chi connectivity index (χ3v) is 2.23. The van der Waals surface area contributed by atoms with Crippen LogP contribution in [0.1, 0.15) is 10.4 Å². The Balaban J connectivity index is 2.16. The zero-order valence-corrected chi connectivity index (χ0v) is 8.34. The van der Waals surface area contributed by atoms with Crippen molar-refractivity contribution in [2.75, 3.05) is 6.54 Å². The highest BCUT2D eigenvalue weighted by Crippen LogP contribution is 2.13. The number of benzene rings is 1. The first kappa shape index (κ1) is 10.6. The number of fused-ring (bicyclic) bond motifs is 1. The summed E-state index contributed by atoms with van der Waals surface area (Å²) in [6.07, 6.45) is -0.774. The summed E-state index contributed by atoms with van der Waals surface area (Å²) < 4.78 is 23.8. The lowest BCUT2D eigenvalue weighted by Gasteiger charge is -2.04. The molecule has 2 aromatic rings. The highest BCUT2D eigenvalue weighted by molar-refractivity contribution is 5.97. The average Bonchev–Trinajstić information content (AvgIpc) is 2.72. The molecule has 1 aromatic heterocycles. The molecule has 0 spiro atoms. The summed E-state index contributed by atoms with van der Waals surface area (Å²) in [6, 6.07) is 6.88. The van der Waals surface area contributed by atoms with E-state index in [1.165, 1.54) is 0 Å². The molecule has 1 heterocycles. The molecule has 3 nitrogen and oxygen atoms in total. The zero-order chi connectivity index (χ0) is 11.5. The van der Waals surface area contributed by atoms with Crippen molar-refractivity contribution in [2.45, 2.75) is 6.43 Å². The van der Waals surface area contributed by atoms with Crippen molar-refractivity contribution < 1.29 is 13.6 Å². The fourth-order valence-electron chi connectivity index (χ4n) is 1.46. The molecule has 0 radical (unpaired) electrons. The van der Waals surface area contributed by atoms with Gasteiger partial charge in [0.25, 0.3) is 12.3 Å². The molecule has 2 N–H and O–H groups in total. The number of H-pyrrole nitrogens is 1. The maximum absolute atomic E-state index is 11.9.